The number of alkyl halides is 3. The summed E-state index contributed by atoms with van der Waals surface area (Å²) in [5.74, 6) is -0.503. The third-order valence-electron chi connectivity index (χ3n) is 5.06. The molecular formula is C21H15F4N5O2. The molecular weight excluding hydrogens is 430 g/mol. The summed E-state index contributed by atoms with van der Waals surface area (Å²) in [5, 5.41) is 12.8. The molecule has 11 heteroatoms. The molecule has 0 saturated carbocycles. The first-order chi connectivity index (χ1) is 15.1. The van der Waals surface area contributed by atoms with E-state index in [-0.39, 0.29) is 11.3 Å². The molecule has 0 aliphatic carbocycles. The van der Waals surface area contributed by atoms with Gasteiger partial charge in [0.1, 0.15) is 17.6 Å². The summed E-state index contributed by atoms with van der Waals surface area (Å²) in [6.07, 6.45) is -6.17. The topological polar surface area (TPSA) is 110 Å². The molecule has 3 heterocycles. The summed E-state index contributed by atoms with van der Waals surface area (Å²) in [5.41, 5.74) is 5.33. The summed E-state index contributed by atoms with van der Waals surface area (Å²) in [6, 6.07) is 9.87. The quantitative estimate of drug-likeness (QED) is 0.602. The first kappa shape index (κ1) is 21.3. The van der Waals surface area contributed by atoms with Crippen LogP contribution in [0.2, 0.25) is 0 Å². The first-order valence-corrected chi connectivity index (χ1v) is 9.31. The van der Waals surface area contributed by atoms with E-state index in [0.717, 1.165) is 6.07 Å². The number of hydrogen-bond donors (Lipinski definition) is 1. The molecule has 7 nitrogen and oxygen atoms in total. The van der Waals surface area contributed by atoms with Crippen LogP contribution in [0.4, 0.5) is 17.6 Å². The lowest BCUT2D eigenvalue weighted by Gasteiger charge is -2.36. The minimum atomic E-state index is -4.69. The van der Waals surface area contributed by atoms with Crippen LogP contribution in [0.15, 0.2) is 52.1 Å². The molecule has 164 valence electrons. The molecule has 1 aromatic carbocycles. The van der Waals surface area contributed by atoms with Gasteiger partial charge in [-0.15, -0.1) is 0 Å². The van der Waals surface area contributed by atoms with E-state index in [1.807, 2.05) is 6.07 Å². The van der Waals surface area contributed by atoms with Crippen molar-refractivity contribution >= 4 is 6.02 Å². The standard InChI is InChI=1S/C21H15F4N5O2/c1-20(8-18(21(23,24)25)31-19(27)29-20)13-6-12(3-4-14(13)22)17-7-16(30-32-17)15-5-2-11(9-26)10-28-15/h2-7,10,18H,8H2,1H3,(H2,27,29)/t18-,20-/m0/s1. The highest BCUT2D eigenvalue weighted by atomic mass is 19.4. The van der Waals surface area contributed by atoms with Crippen LogP contribution in [0.1, 0.15) is 24.5 Å². The Balaban J connectivity index is 1.70. The normalized spacial score (nSPS) is 20.9. The molecule has 0 radical (unpaired) electrons. The molecule has 2 N–H and O–H groups in total. The van der Waals surface area contributed by atoms with Crippen LogP contribution < -0.4 is 5.73 Å². The Labute approximate surface area is 179 Å². The summed E-state index contributed by atoms with van der Waals surface area (Å²) < 4.78 is 64.4. The van der Waals surface area contributed by atoms with Crippen molar-refractivity contribution in [2.45, 2.75) is 31.2 Å². The maximum absolute atomic E-state index is 14.7. The van der Waals surface area contributed by atoms with Crippen molar-refractivity contribution < 1.29 is 26.8 Å². The van der Waals surface area contributed by atoms with E-state index in [2.05, 4.69) is 19.9 Å². The fourth-order valence-electron chi connectivity index (χ4n) is 3.45. The van der Waals surface area contributed by atoms with Crippen LogP contribution in [0.25, 0.3) is 22.7 Å². The number of amidine groups is 1. The Morgan fingerprint density at radius 3 is 2.62 bits per heavy atom. The molecule has 0 bridgehead atoms. The van der Waals surface area contributed by atoms with Crippen molar-refractivity contribution in [3.8, 4) is 28.8 Å². The molecule has 0 unspecified atom stereocenters. The summed E-state index contributed by atoms with van der Waals surface area (Å²) in [7, 11) is 0. The second-order valence-corrected chi connectivity index (χ2v) is 7.39. The summed E-state index contributed by atoms with van der Waals surface area (Å²) in [4.78, 5) is 8.09. The predicted octanol–water partition coefficient (Wildman–Crippen LogP) is 4.30. The van der Waals surface area contributed by atoms with Crippen molar-refractivity contribution in [1.82, 2.24) is 10.1 Å². The first-order valence-electron chi connectivity index (χ1n) is 9.31. The van der Waals surface area contributed by atoms with Crippen LogP contribution in [0, 0.1) is 17.1 Å². The highest BCUT2D eigenvalue weighted by Crippen LogP contribution is 2.41. The third kappa shape index (κ3) is 3.99. The number of aromatic nitrogens is 2. The molecule has 2 atom stereocenters. The van der Waals surface area contributed by atoms with Crippen LogP contribution >= 0.6 is 0 Å². The smallest absolute Gasteiger partial charge is 0.425 e. The van der Waals surface area contributed by atoms with Gasteiger partial charge in [0.25, 0.3) is 6.02 Å². The maximum atomic E-state index is 14.7. The predicted molar refractivity (Wildman–Crippen MR) is 104 cm³/mol. The van der Waals surface area contributed by atoms with E-state index in [4.69, 9.17) is 15.5 Å². The SMILES string of the molecule is C[C@@]1(c2cc(-c3cc(-c4ccc(C#N)cn4)no3)ccc2F)C[C@@H](C(F)(F)F)OC(N)=N1. The van der Waals surface area contributed by atoms with Gasteiger partial charge >= 0.3 is 6.18 Å². The number of nitrogens with zero attached hydrogens (tertiary/aromatic N) is 4. The Hall–Kier alpha value is -3.94. The number of rotatable bonds is 3. The van der Waals surface area contributed by atoms with Gasteiger partial charge in [0, 0.05) is 29.8 Å². The number of halogens is 4. The molecule has 1 aliphatic heterocycles. The van der Waals surface area contributed by atoms with E-state index < -0.39 is 36.1 Å². The number of nitrogens with two attached hydrogens (primary N) is 1. The molecule has 0 saturated heterocycles. The highest BCUT2D eigenvalue weighted by molar-refractivity contribution is 5.73. The van der Waals surface area contributed by atoms with Gasteiger partial charge in [0.2, 0.25) is 0 Å². The molecule has 1 aliphatic rings. The molecule has 2 aromatic heterocycles. The second-order valence-electron chi connectivity index (χ2n) is 7.39. The van der Waals surface area contributed by atoms with Crippen molar-refractivity contribution in [1.29, 1.82) is 5.26 Å². The van der Waals surface area contributed by atoms with E-state index in [9.17, 15) is 17.6 Å². The minimum Gasteiger partial charge on any atom is -0.452 e. The molecule has 3 aromatic rings. The van der Waals surface area contributed by atoms with Crippen molar-refractivity contribution in [3.63, 3.8) is 0 Å². The fraction of sp³-hybridized carbons (Fsp3) is 0.238. The Morgan fingerprint density at radius 2 is 1.97 bits per heavy atom. The van der Waals surface area contributed by atoms with E-state index in [1.165, 1.54) is 25.3 Å². The second kappa shape index (κ2) is 7.64. The van der Waals surface area contributed by atoms with Crippen LogP contribution in [0.3, 0.4) is 0 Å². The van der Waals surface area contributed by atoms with Crippen LogP contribution in [-0.4, -0.2) is 28.4 Å². The lowest BCUT2D eigenvalue weighted by Crippen LogP contribution is -2.46. The number of benzene rings is 1. The van der Waals surface area contributed by atoms with Gasteiger partial charge in [-0.3, -0.25) is 4.98 Å². The van der Waals surface area contributed by atoms with Gasteiger partial charge in [-0.1, -0.05) is 5.16 Å². The van der Waals surface area contributed by atoms with E-state index >= 15 is 0 Å². The van der Waals surface area contributed by atoms with Crippen molar-refractivity contribution in [3.05, 3.63) is 59.5 Å². The van der Waals surface area contributed by atoms with Crippen LogP contribution in [0.5, 0.6) is 0 Å². The summed E-state index contributed by atoms with van der Waals surface area (Å²) >= 11 is 0. The van der Waals surface area contributed by atoms with Crippen molar-refractivity contribution in [2.24, 2.45) is 10.7 Å². The average molecular weight is 445 g/mol. The van der Waals surface area contributed by atoms with Crippen molar-refractivity contribution in [2.75, 3.05) is 0 Å². The number of ether oxygens (including phenoxy) is 1. The van der Waals surface area contributed by atoms with Gasteiger partial charge in [0.05, 0.1) is 16.8 Å². The minimum absolute atomic E-state index is 0.0926. The zero-order valence-corrected chi connectivity index (χ0v) is 16.5. The van der Waals surface area contributed by atoms with Gasteiger partial charge in [-0.2, -0.15) is 18.4 Å². The average Bonchev–Trinajstić information content (AvgIpc) is 3.23. The Bertz CT molecular complexity index is 1230. The number of hydrogen-bond acceptors (Lipinski definition) is 7. The van der Waals surface area contributed by atoms with Gasteiger partial charge < -0.3 is 15.0 Å². The van der Waals surface area contributed by atoms with E-state index in [1.54, 1.807) is 18.2 Å². The highest BCUT2D eigenvalue weighted by Gasteiger charge is 2.50. The number of pyridine rings is 1. The zero-order chi connectivity index (χ0) is 23.1. The lowest BCUT2D eigenvalue weighted by molar-refractivity contribution is -0.208. The molecule has 0 fully saturated rings. The molecule has 4 rings (SSSR count). The maximum Gasteiger partial charge on any atom is 0.425 e. The molecule has 0 amide bonds. The number of nitriles is 1. The largest absolute Gasteiger partial charge is 0.452 e. The third-order valence-corrected chi connectivity index (χ3v) is 5.06. The van der Waals surface area contributed by atoms with Crippen LogP contribution in [-0.2, 0) is 10.3 Å². The summed E-state index contributed by atoms with van der Waals surface area (Å²) in [6.45, 7) is 1.36. The van der Waals surface area contributed by atoms with E-state index in [0.29, 0.717) is 22.5 Å². The van der Waals surface area contributed by atoms with Gasteiger partial charge in [0.15, 0.2) is 11.9 Å². The van der Waals surface area contributed by atoms with Gasteiger partial charge in [-0.05, 0) is 37.3 Å². The lowest BCUT2D eigenvalue weighted by atomic mass is 9.84. The molecule has 32 heavy (non-hydrogen) atoms. The number of aliphatic imine (C=N–C) groups is 1. The fourth-order valence-corrected chi connectivity index (χ4v) is 3.45. The molecule has 0 spiro atoms. The zero-order valence-electron chi connectivity index (χ0n) is 16.5. The Kier molecular flexibility index (Phi) is 5.08. The Morgan fingerprint density at radius 1 is 1.19 bits per heavy atom. The van der Waals surface area contributed by atoms with Gasteiger partial charge in [-0.25, -0.2) is 9.38 Å². The monoisotopic (exact) mass is 445 g/mol.